The molecule has 1 aromatic carbocycles. The first kappa shape index (κ1) is 11.4. The molecule has 0 aliphatic carbocycles. The predicted octanol–water partition coefficient (Wildman–Crippen LogP) is 1.45. The minimum Gasteiger partial charge on any atom is -0.505 e. The summed E-state index contributed by atoms with van der Waals surface area (Å²) in [4.78, 5) is 2.27. The lowest BCUT2D eigenvalue weighted by molar-refractivity contribution is 0.250. The molecule has 0 saturated carbocycles. The van der Waals surface area contributed by atoms with Crippen LogP contribution in [0.1, 0.15) is 18.4 Å². The van der Waals surface area contributed by atoms with E-state index in [4.69, 9.17) is 10.8 Å². The molecular formula is C12H17FN2O. The lowest BCUT2D eigenvalue weighted by Crippen LogP contribution is -2.34. The molecule has 0 radical (unpaired) electrons. The maximum Gasteiger partial charge on any atom is 0.165 e. The molecular weight excluding hydrogens is 207 g/mol. The Morgan fingerprint density at radius 2 is 2.31 bits per heavy atom. The summed E-state index contributed by atoms with van der Waals surface area (Å²) >= 11 is 0. The molecule has 1 saturated heterocycles. The Kier molecular flexibility index (Phi) is 3.41. The fraction of sp³-hybridized carbons (Fsp3) is 0.500. The number of rotatable bonds is 3. The molecule has 1 atom stereocenters. The summed E-state index contributed by atoms with van der Waals surface area (Å²) in [6.07, 6.45) is 2.28. The highest BCUT2D eigenvalue weighted by Crippen LogP contribution is 2.22. The number of phenols is 1. The number of hydrogen-bond acceptors (Lipinski definition) is 3. The molecule has 1 aliphatic heterocycles. The van der Waals surface area contributed by atoms with E-state index in [1.54, 1.807) is 6.07 Å². The summed E-state index contributed by atoms with van der Waals surface area (Å²) in [5.74, 6) is -0.846. The van der Waals surface area contributed by atoms with Crippen LogP contribution in [0.25, 0.3) is 0 Å². The largest absolute Gasteiger partial charge is 0.505 e. The van der Waals surface area contributed by atoms with Gasteiger partial charge in [-0.1, -0.05) is 6.07 Å². The van der Waals surface area contributed by atoms with Gasteiger partial charge in [0, 0.05) is 19.1 Å². The van der Waals surface area contributed by atoms with Crippen molar-refractivity contribution >= 4 is 0 Å². The van der Waals surface area contributed by atoms with Gasteiger partial charge >= 0.3 is 0 Å². The summed E-state index contributed by atoms with van der Waals surface area (Å²) in [6, 6.07) is 4.96. The van der Waals surface area contributed by atoms with E-state index in [0.717, 1.165) is 24.9 Å². The maximum atomic E-state index is 13.1. The van der Waals surface area contributed by atoms with Gasteiger partial charge in [0.1, 0.15) is 0 Å². The van der Waals surface area contributed by atoms with Crippen LogP contribution in [0.2, 0.25) is 0 Å². The van der Waals surface area contributed by atoms with Crippen LogP contribution in [-0.4, -0.2) is 29.1 Å². The van der Waals surface area contributed by atoms with Gasteiger partial charge < -0.3 is 10.8 Å². The van der Waals surface area contributed by atoms with Gasteiger partial charge in [0.2, 0.25) is 0 Å². The van der Waals surface area contributed by atoms with E-state index in [-0.39, 0.29) is 5.75 Å². The number of nitrogens with two attached hydrogens (primary N) is 1. The summed E-state index contributed by atoms with van der Waals surface area (Å²) in [5, 5.41) is 9.09. The van der Waals surface area contributed by atoms with Crippen molar-refractivity contribution in [2.75, 3.05) is 13.1 Å². The molecule has 3 N–H and O–H groups in total. The van der Waals surface area contributed by atoms with Gasteiger partial charge in [0.15, 0.2) is 11.6 Å². The Hall–Kier alpha value is -1.13. The van der Waals surface area contributed by atoms with Crippen LogP contribution in [0, 0.1) is 5.82 Å². The second kappa shape index (κ2) is 4.80. The second-order valence-electron chi connectivity index (χ2n) is 4.29. The first-order chi connectivity index (χ1) is 7.70. The number of nitrogens with zero attached hydrogens (tertiary/aromatic N) is 1. The fourth-order valence-corrected chi connectivity index (χ4v) is 2.25. The molecule has 1 aromatic rings. The van der Waals surface area contributed by atoms with Crippen LogP contribution in [-0.2, 0) is 6.54 Å². The van der Waals surface area contributed by atoms with E-state index >= 15 is 0 Å². The van der Waals surface area contributed by atoms with Gasteiger partial charge in [0.25, 0.3) is 0 Å². The molecule has 0 amide bonds. The lowest BCUT2D eigenvalue weighted by atomic mass is 10.1. The van der Waals surface area contributed by atoms with E-state index in [0.29, 0.717) is 19.1 Å². The Labute approximate surface area is 94.7 Å². The molecule has 4 heteroatoms. The van der Waals surface area contributed by atoms with Crippen molar-refractivity contribution < 1.29 is 9.50 Å². The zero-order valence-electron chi connectivity index (χ0n) is 9.19. The second-order valence-corrected chi connectivity index (χ2v) is 4.29. The van der Waals surface area contributed by atoms with Crippen LogP contribution in [0.15, 0.2) is 18.2 Å². The van der Waals surface area contributed by atoms with Gasteiger partial charge in [-0.25, -0.2) is 4.39 Å². The van der Waals surface area contributed by atoms with Crippen molar-refractivity contribution in [1.29, 1.82) is 0 Å². The van der Waals surface area contributed by atoms with Crippen molar-refractivity contribution in [3.8, 4) is 5.75 Å². The number of phenolic OH excluding ortho intramolecular Hbond substituents is 1. The number of likely N-dealkylation sites (tertiary alicyclic amines) is 1. The third-order valence-corrected chi connectivity index (χ3v) is 3.17. The van der Waals surface area contributed by atoms with Crippen LogP contribution in [0.3, 0.4) is 0 Å². The maximum absolute atomic E-state index is 13.1. The SMILES string of the molecule is NCC1CCCN1Cc1ccc(O)c(F)c1. The summed E-state index contributed by atoms with van der Waals surface area (Å²) in [6.45, 7) is 2.38. The smallest absolute Gasteiger partial charge is 0.165 e. The van der Waals surface area contributed by atoms with E-state index in [9.17, 15) is 4.39 Å². The quantitative estimate of drug-likeness (QED) is 0.817. The third kappa shape index (κ3) is 2.33. The van der Waals surface area contributed by atoms with Crippen molar-refractivity contribution in [2.24, 2.45) is 5.73 Å². The van der Waals surface area contributed by atoms with Crippen molar-refractivity contribution in [3.05, 3.63) is 29.6 Å². The monoisotopic (exact) mass is 224 g/mol. The lowest BCUT2D eigenvalue weighted by Gasteiger charge is -2.23. The fourth-order valence-electron chi connectivity index (χ4n) is 2.25. The van der Waals surface area contributed by atoms with Crippen LogP contribution in [0.4, 0.5) is 4.39 Å². The molecule has 0 aromatic heterocycles. The van der Waals surface area contributed by atoms with E-state index in [2.05, 4.69) is 4.90 Å². The highest BCUT2D eigenvalue weighted by Gasteiger charge is 2.23. The normalized spacial score (nSPS) is 21.5. The van der Waals surface area contributed by atoms with Gasteiger partial charge in [-0.15, -0.1) is 0 Å². The molecule has 0 spiro atoms. The molecule has 16 heavy (non-hydrogen) atoms. The molecule has 1 aliphatic rings. The zero-order chi connectivity index (χ0) is 11.5. The number of benzene rings is 1. The number of hydrogen-bond donors (Lipinski definition) is 2. The molecule has 1 unspecified atom stereocenters. The van der Waals surface area contributed by atoms with Crippen molar-refractivity contribution in [3.63, 3.8) is 0 Å². The van der Waals surface area contributed by atoms with Gasteiger partial charge in [-0.2, -0.15) is 0 Å². The van der Waals surface area contributed by atoms with Gasteiger partial charge in [-0.05, 0) is 37.1 Å². The van der Waals surface area contributed by atoms with E-state index in [1.165, 1.54) is 12.1 Å². The van der Waals surface area contributed by atoms with Crippen molar-refractivity contribution in [2.45, 2.75) is 25.4 Å². The average Bonchev–Trinajstić information content (AvgIpc) is 2.71. The number of halogens is 1. The van der Waals surface area contributed by atoms with E-state index < -0.39 is 5.82 Å². The zero-order valence-corrected chi connectivity index (χ0v) is 9.19. The molecule has 0 bridgehead atoms. The van der Waals surface area contributed by atoms with Gasteiger partial charge in [0.05, 0.1) is 0 Å². The Balaban J connectivity index is 2.05. The predicted molar refractivity (Wildman–Crippen MR) is 60.6 cm³/mol. The Morgan fingerprint density at radius 1 is 1.50 bits per heavy atom. The first-order valence-electron chi connectivity index (χ1n) is 5.62. The number of aromatic hydroxyl groups is 1. The molecule has 2 rings (SSSR count). The average molecular weight is 224 g/mol. The molecule has 88 valence electrons. The minimum atomic E-state index is -0.555. The third-order valence-electron chi connectivity index (χ3n) is 3.17. The standard InChI is InChI=1S/C12H17FN2O/c13-11-6-9(3-4-12(11)16)8-15-5-1-2-10(15)7-14/h3-4,6,10,16H,1-2,5,7-8,14H2. The van der Waals surface area contributed by atoms with Crippen LogP contribution in [0.5, 0.6) is 5.75 Å². The van der Waals surface area contributed by atoms with Gasteiger partial charge in [-0.3, -0.25) is 4.90 Å². The van der Waals surface area contributed by atoms with E-state index in [1.807, 2.05) is 0 Å². The highest BCUT2D eigenvalue weighted by atomic mass is 19.1. The molecule has 1 heterocycles. The van der Waals surface area contributed by atoms with Crippen LogP contribution < -0.4 is 5.73 Å². The molecule has 3 nitrogen and oxygen atoms in total. The molecule has 1 fully saturated rings. The highest BCUT2D eigenvalue weighted by molar-refractivity contribution is 5.28. The Morgan fingerprint density at radius 3 is 3.00 bits per heavy atom. The Bertz CT molecular complexity index is 370. The summed E-state index contributed by atoms with van der Waals surface area (Å²) < 4.78 is 13.1. The van der Waals surface area contributed by atoms with Crippen LogP contribution >= 0.6 is 0 Å². The minimum absolute atomic E-state index is 0.291. The van der Waals surface area contributed by atoms with Crippen molar-refractivity contribution in [1.82, 2.24) is 4.90 Å². The topological polar surface area (TPSA) is 49.5 Å². The first-order valence-corrected chi connectivity index (χ1v) is 5.62. The summed E-state index contributed by atoms with van der Waals surface area (Å²) in [5.41, 5.74) is 6.56. The summed E-state index contributed by atoms with van der Waals surface area (Å²) in [7, 11) is 0.